The maximum absolute atomic E-state index is 12.4. The monoisotopic (exact) mass is 426 g/mol. The Kier molecular flexibility index (Phi) is 7.26. The summed E-state index contributed by atoms with van der Waals surface area (Å²) in [5.74, 6) is 0.769. The van der Waals surface area contributed by atoms with Crippen LogP contribution in [0.15, 0.2) is 91.6 Å². The van der Waals surface area contributed by atoms with E-state index in [4.69, 9.17) is 4.74 Å². The zero-order valence-corrected chi connectivity index (χ0v) is 17.9. The molecular weight excluding hydrogens is 400 g/mol. The van der Waals surface area contributed by atoms with Gasteiger partial charge in [-0.25, -0.2) is 9.78 Å². The maximum atomic E-state index is 12.4. The molecule has 4 aromatic rings. The van der Waals surface area contributed by atoms with Gasteiger partial charge in [-0.1, -0.05) is 36.4 Å². The number of hydrogen-bond donors (Lipinski definition) is 1. The van der Waals surface area contributed by atoms with E-state index in [1.54, 1.807) is 24.9 Å². The number of aryl methyl sites for hydroxylation is 1. The predicted molar refractivity (Wildman–Crippen MR) is 124 cm³/mol. The number of carbonyl (C=O) groups excluding carboxylic acids is 1. The smallest absolute Gasteiger partial charge is 0.326 e. The molecule has 4 rings (SSSR count). The Morgan fingerprint density at radius 2 is 1.75 bits per heavy atom. The lowest BCUT2D eigenvalue weighted by Crippen LogP contribution is -2.28. The first-order valence-corrected chi connectivity index (χ1v) is 10.8. The van der Waals surface area contributed by atoms with E-state index in [-0.39, 0.29) is 6.03 Å². The second-order valence-corrected chi connectivity index (χ2v) is 7.52. The van der Waals surface area contributed by atoms with E-state index in [0.717, 1.165) is 41.8 Å². The van der Waals surface area contributed by atoms with Gasteiger partial charge in [0.1, 0.15) is 18.7 Å². The average molecular weight is 427 g/mol. The minimum absolute atomic E-state index is 0.167. The molecule has 6 nitrogen and oxygen atoms in total. The van der Waals surface area contributed by atoms with E-state index < -0.39 is 0 Å². The number of amides is 1. The molecule has 0 atom stereocenters. The van der Waals surface area contributed by atoms with Crippen molar-refractivity contribution in [1.82, 2.24) is 19.9 Å². The predicted octanol–water partition coefficient (Wildman–Crippen LogP) is 5.10. The number of rotatable bonds is 9. The van der Waals surface area contributed by atoms with E-state index in [1.807, 2.05) is 42.5 Å². The van der Waals surface area contributed by atoms with E-state index >= 15 is 0 Å². The molecule has 0 radical (unpaired) electrons. The maximum Gasteiger partial charge on any atom is 0.326 e. The number of aromatic nitrogens is 3. The van der Waals surface area contributed by atoms with Crippen LogP contribution in [0.1, 0.15) is 24.0 Å². The summed E-state index contributed by atoms with van der Waals surface area (Å²) in [4.78, 5) is 20.8. The second-order valence-electron chi connectivity index (χ2n) is 7.52. The molecule has 0 bridgehead atoms. The zero-order chi connectivity index (χ0) is 22.0. The number of nitrogens with zero attached hydrogens (tertiary/aromatic N) is 3. The van der Waals surface area contributed by atoms with Crippen molar-refractivity contribution in [2.24, 2.45) is 0 Å². The number of carbonyl (C=O) groups is 1. The minimum atomic E-state index is -0.167. The van der Waals surface area contributed by atoms with Gasteiger partial charge >= 0.3 is 6.03 Å². The Morgan fingerprint density at radius 1 is 0.938 bits per heavy atom. The number of hydrogen-bond acceptors (Lipinski definition) is 4. The summed E-state index contributed by atoms with van der Waals surface area (Å²) in [5, 5.41) is 2.95. The van der Waals surface area contributed by atoms with Crippen LogP contribution in [0.2, 0.25) is 0 Å². The molecule has 2 heterocycles. The van der Waals surface area contributed by atoms with Gasteiger partial charge in [-0.05, 0) is 55.2 Å². The molecule has 0 aliphatic rings. The highest BCUT2D eigenvalue weighted by Gasteiger charge is 2.08. The summed E-state index contributed by atoms with van der Waals surface area (Å²) in [6.45, 7) is 1.11. The number of pyridine rings is 1. The zero-order valence-electron chi connectivity index (χ0n) is 17.9. The average Bonchev–Trinajstić information content (AvgIpc) is 3.35. The highest BCUT2D eigenvalue weighted by Crippen LogP contribution is 2.21. The Morgan fingerprint density at radius 3 is 2.53 bits per heavy atom. The van der Waals surface area contributed by atoms with Crippen LogP contribution in [0.4, 0.5) is 4.79 Å². The first-order chi connectivity index (χ1) is 15.8. The Balaban J connectivity index is 1.23. The van der Waals surface area contributed by atoms with Crippen molar-refractivity contribution in [2.45, 2.75) is 25.9 Å². The number of benzene rings is 2. The van der Waals surface area contributed by atoms with Crippen LogP contribution < -0.4 is 10.1 Å². The third-order valence-electron chi connectivity index (χ3n) is 5.11. The first kappa shape index (κ1) is 21.3. The minimum Gasteiger partial charge on any atom is -0.489 e. The molecule has 1 N–H and O–H groups in total. The third kappa shape index (κ3) is 6.04. The summed E-state index contributed by atoms with van der Waals surface area (Å²) >= 11 is 0. The van der Waals surface area contributed by atoms with Crippen molar-refractivity contribution in [3.05, 3.63) is 103 Å². The highest BCUT2D eigenvalue weighted by molar-refractivity contribution is 5.77. The lowest BCUT2D eigenvalue weighted by atomic mass is 10.1. The molecule has 162 valence electrons. The normalized spacial score (nSPS) is 10.6. The quantitative estimate of drug-likeness (QED) is 0.378. The Hall–Kier alpha value is -3.93. The van der Waals surface area contributed by atoms with E-state index in [2.05, 4.69) is 39.6 Å². The SMILES string of the molecule is O=C(NCCCCc1ccccc1)n1cnc(-c2ccc(OCc3cccnc3)cc2)c1. The molecule has 0 spiro atoms. The molecule has 0 saturated heterocycles. The molecule has 1 amide bonds. The lowest BCUT2D eigenvalue weighted by molar-refractivity contribution is 0.242. The van der Waals surface area contributed by atoms with Crippen molar-refractivity contribution in [3.8, 4) is 17.0 Å². The third-order valence-corrected chi connectivity index (χ3v) is 5.11. The van der Waals surface area contributed by atoms with Gasteiger partial charge in [0.15, 0.2) is 0 Å². The molecular formula is C26H26N4O2. The van der Waals surface area contributed by atoms with Crippen LogP contribution in [0.3, 0.4) is 0 Å². The fraction of sp³-hybridized carbons (Fsp3) is 0.192. The van der Waals surface area contributed by atoms with E-state index in [1.165, 1.54) is 10.1 Å². The van der Waals surface area contributed by atoms with Crippen LogP contribution in [0.5, 0.6) is 5.75 Å². The number of imidazole rings is 1. The van der Waals surface area contributed by atoms with E-state index in [0.29, 0.717) is 13.2 Å². The fourth-order valence-corrected chi connectivity index (χ4v) is 3.34. The summed E-state index contributed by atoms with van der Waals surface area (Å²) in [5.41, 5.74) is 4.00. The molecule has 0 saturated carbocycles. The van der Waals surface area contributed by atoms with Crippen molar-refractivity contribution in [3.63, 3.8) is 0 Å². The molecule has 2 aromatic heterocycles. The largest absolute Gasteiger partial charge is 0.489 e. The molecule has 6 heteroatoms. The van der Waals surface area contributed by atoms with Crippen molar-refractivity contribution in [1.29, 1.82) is 0 Å². The van der Waals surface area contributed by atoms with Gasteiger partial charge in [-0.2, -0.15) is 0 Å². The number of nitrogens with one attached hydrogen (secondary N) is 1. The Bertz CT molecular complexity index is 1110. The molecule has 0 aliphatic carbocycles. The van der Waals surface area contributed by atoms with Crippen molar-refractivity contribution >= 4 is 6.03 Å². The highest BCUT2D eigenvalue weighted by atomic mass is 16.5. The first-order valence-electron chi connectivity index (χ1n) is 10.8. The van der Waals surface area contributed by atoms with Gasteiger partial charge < -0.3 is 10.1 Å². The van der Waals surface area contributed by atoms with Gasteiger partial charge in [0, 0.05) is 36.3 Å². The van der Waals surface area contributed by atoms with Gasteiger partial charge in [-0.3, -0.25) is 9.55 Å². The fourth-order valence-electron chi connectivity index (χ4n) is 3.34. The van der Waals surface area contributed by atoms with Crippen LogP contribution in [-0.2, 0) is 13.0 Å². The molecule has 32 heavy (non-hydrogen) atoms. The second kappa shape index (κ2) is 10.9. The number of ether oxygens (including phenoxy) is 1. The molecule has 2 aromatic carbocycles. The summed E-state index contributed by atoms with van der Waals surface area (Å²) in [6, 6.07) is 21.8. The molecule has 0 fully saturated rings. The molecule has 0 unspecified atom stereocenters. The van der Waals surface area contributed by atoms with Gasteiger partial charge in [-0.15, -0.1) is 0 Å². The van der Waals surface area contributed by atoms with Gasteiger partial charge in [0.25, 0.3) is 0 Å². The standard InChI is InChI=1S/C26H26N4O2/c31-26(28-16-5-4-9-21-7-2-1-3-8-21)30-18-25(29-20-30)23-11-13-24(14-12-23)32-19-22-10-6-15-27-17-22/h1-3,6-8,10-15,17-18,20H,4-5,9,16,19H2,(H,28,31). The summed E-state index contributed by atoms with van der Waals surface area (Å²) in [6.07, 6.45) is 9.80. The van der Waals surface area contributed by atoms with Crippen molar-refractivity contribution in [2.75, 3.05) is 6.54 Å². The van der Waals surface area contributed by atoms with Crippen LogP contribution >= 0.6 is 0 Å². The van der Waals surface area contributed by atoms with Crippen LogP contribution in [0, 0.1) is 0 Å². The van der Waals surface area contributed by atoms with Crippen molar-refractivity contribution < 1.29 is 9.53 Å². The van der Waals surface area contributed by atoms with Crippen LogP contribution in [0.25, 0.3) is 11.3 Å². The van der Waals surface area contributed by atoms with Crippen LogP contribution in [-0.4, -0.2) is 27.1 Å². The summed E-state index contributed by atoms with van der Waals surface area (Å²) in [7, 11) is 0. The number of unbranched alkanes of at least 4 members (excludes halogenated alkanes) is 1. The van der Waals surface area contributed by atoms with E-state index in [9.17, 15) is 4.79 Å². The lowest BCUT2D eigenvalue weighted by Gasteiger charge is -2.06. The molecule has 0 aliphatic heterocycles. The van der Waals surface area contributed by atoms with Gasteiger partial charge in [0.2, 0.25) is 0 Å². The topological polar surface area (TPSA) is 69.0 Å². The summed E-state index contributed by atoms with van der Waals surface area (Å²) < 4.78 is 7.27. The van der Waals surface area contributed by atoms with Gasteiger partial charge in [0.05, 0.1) is 5.69 Å². The Labute approximate surface area is 187 Å².